The largest absolute Gasteiger partial charge is 0.348 e. The molecule has 0 bridgehead atoms. The molecule has 2 rings (SSSR count). The Morgan fingerprint density at radius 2 is 1.63 bits per heavy atom. The third kappa shape index (κ3) is 6.81. The molecule has 0 aromatic heterocycles. The van der Waals surface area contributed by atoms with Crippen molar-refractivity contribution in [3.05, 3.63) is 64.7 Å². The Balaban J connectivity index is 2.03. The second-order valence-electron chi connectivity index (χ2n) is 7.15. The molecule has 0 fully saturated rings. The zero-order chi connectivity index (χ0) is 22.3. The highest BCUT2D eigenvalue weighted by molar-refractivity contribution is 7.89. The third-order valence-electron chi connectivity index (χ3n) is 4.26. The number of sulfonamides is 1. The van der Waals surface area contributed by atoms with E-state index in [1.807, 2.05) is 19.3 Å². The van der Waals surface area contributed by atoms with Crippen molar-refractivity contribution >= 4 is 33.4 Å². The van der Waals surface area contributed by atoms with Crippen LogP contribution in [0.5, 0.6) is 0 Å². The van der Waals surface area contributed by atoms with Gasteiger partial charge in [0.25, 0.3) is 11.8 Å². The van der Waals surface area contributed by atoms with Gasteiger partial charge in [0, 0.05) is 17.1 Å². The summed E-state index contributed by atoms with van der Waals surface area (Å²) in [6.07, 6.45) is 0.303. The summed E-state index contributed by atoms with van der Waals surface area (Å²) in [5.41, 5.74) is 3.17. The van der Waals surface area contributed by atoms with Crippen LogP contribution in [0.25, 0.3) is 0 Å². The molecule has 0 aliphatic rings. The van der Waals surface area contributed by atoms with Crippen molar-refractivity contribution in [1.29, 1.82) is 0 Å². The number of rotatable bonds is 9. The molecule has 5 N–H and O–H groups in total. The lowest BCUT2D eigenvalue weighted by atomic mass is 10.0. The average molecular weight is 453 g/mol. The molecule has 0 saturated heterocycles. The highest BCUT2D eigenvalue weighted by Crippen LogP contribution is 2.14. The molecule has 0 aliphatic heterocycles. The molecule has 8 nitrogen and oxygen atoms in total. The van der Waals surface area contributed by atoms with Gasteiger partial charge in [-0.25, -0.2) is 14.3 Å². The van der Waals surface area contributed by atoms with Crippen LogP contribution in [-0.2, 0) is 21.4 Å². The number of carbonyl (C=O) groups is 2. The molecule has 2 amide bonds. The van der Waals surface area contributed by atoms with Gasteiger partial charge in [-0.2, -0.15) is 4.72 Å². The Morgan fingerprint density at radius 1 is 1.03 bits per heavy atom. The number of benzene rings is 2. The third-order valence-corrected chi connectivity index (χ3v) is 6.00. The summed E-state index contributed by atoms with van der Waals surface area (Å²) in [7, 11) is -3.92. The van der Waals surface area contributed by atoms with Crippen LogP contribution in [0.3, 0.4) is 0 Å². The molecule has 0 unspecified atom stereocenters. The van der Waals surface area contributed by atoms with Crippen LogP contribution in [0.1, 0.15) is 36.2 Å². The molecule has 30 heavy (non-hydrogen) atoms. The lowest BCUT2D eigenvalue weighted by Gasteiger charge is -2.19. The second kappa shape index (κ2) is 10.5. The van der Waals surface area contributed by atoms with Crippen LogP contribution in [0.4, 0.5) is 0 Å². The fourth-order valence-corrected chi connectivity index (χ4v) is 4.04. The van der Waals surface area contributed by atoms with Crippen molar-refractivity contribution in [2.24, 2.45) is 11.8 Å². The SMILES string of the molecule is CC(C)C[C@H](NS(=O)(=O)c1ccc(CNC(=O)c2ccc(Cl)cc2)cc1)C(=O)NN. The van der Waals surface area contributed by atoms with E-state index in [0.29, 0.717) is 17.0 Å². The number of amides is 2. The van der Waals surface area contributed by atoms with Crippen LogP contribution in [-0.4, -0.2) is 26.3 Å². The van der Waals surface area contributed by atoms with Gasteiger partial charge in [0.15, 0.2) is 0 Å². The maximum atomic E-state index is 12.6. The average Bonchev–Trinajstić information content (AvgIpc) is 2.71. The molecule has 10 heteroatoms. The Labute approximate surface area is 181 Å². The number of nitrogens with two attached hydrogens (primary N) is 1. The van der Waals surface area contributed by atoms with E-state index >= 15 is 0 Å². The Morgan fingerprint density at radius 3 is 2.17 bits per heavy atom. The highest BCUT2D eigenvalue weighted by atomic mass is 35.5. The fourth-order valence-electron chi connectivity index (χ4n) is 2.71. The number of hydrogen-bond acceptors (Lipinski definition) is 5. The highest BCUT2D eigenvalue weighted by Gasteiger charge is 2.26. The first-order valence-electron chi connectivity index (χ1n) is 9.28. The van der Waals surface area contributed by atoms with Gasteiger partial charge in [-0.05, 0) is 54.3 Å². The summed E-state index contributed by atoms with van der Waals surface area (Å²) in [5.74, 6) is 4.37. The molecule has 2 aromatic carbocycles. The van der Waals surface area contributed by atoms with Gasteiger partial charge in [-0.15, -0.1) is 0 Å². The Kier molecular flexibility index (Phi) is 8.36. The maximum absolute atomic E-state index is 12.6. The Bertz CT molecular complexity index is 977. The van der Waals surface area contributed by atoms with Gasteiger partial charge < -0.3 is 5.32 Å². The predicted molar refractivity (Wildman–Crippen MR) is 115 cm³/mol. The van der Waals surface area contributed by atoms with Gasteiger partial charge in [0.05, 0.1) is 4.90 Å². The van der Waals surface area contributed by atoms with Crippen molar-refractivity contribution in [2.75, 3.05) is 0 Å². The van der Waals surface area contributed by atoms with Gasteiger partial charge >= 0.3 is 0 Å². The molecule has 0 heterocycles. The van der Waals surface area contributed by atoms with Crippen molar-refractivity contribution in [2.45, 2.75) is 37.8 Å². The second-order valence-corrected chi connectivity index (χ2v) is 9.30. The first-order chi connectivity index (χ1) is 14.1. The molecular formula is C20H25ClN4O4S. The van der Waals surface area contributed by atoms with Crippen LogP contribution in [0.15, 0.2) is 53.4 Å². The van der Waals surface area contributed by atoms with E-state index in [9.17, 15) is 18.0 Å². The molecule has 0 radical (unpaired) electrons. The first kappa shape index (κ1) is 23.8. The smallest absolute Gasteiger partial charge is 0.252 e. The van der Waals surface area contributed by atoms with E-state index in [1.54, 1.807) is 36.4 Å². The van der Waals surface area contributed by atoms with Gasteiger partial charge in [-0.3, -0.25) is 15.0 Å². The summed E-state index contributed by atoms with van der Waals surface area (Å²) >= 11 is 5.81. The van der Waals surface area contributed by atoms with Crippen LogP contribution in [0, 0.1) is 5.92 Å². The first-order valence-corrected chi connectivity index (χ1v) is 11.1. The van der Waals surface area contributed by atoms with Crippen LogP contribution in [0.2, 0.25) is 5.02 Å². The predicted octanol–water partition coefficient (Wildman–Crippen LogP) is 1.95. The van der Waals surface area contributed by atoms with Crippen molar-refractivity contribution in [3.8, 4) is 0 Å². The summed E-state index contributed by atoms with van der Waals surface area (Å²) in [6, 6.07) is 11.5. The maximum Gasteiger partial charge on any atom is 0.252 e. The summed E-state index contributed by atoms with van der Waals surface area (Å²) in [4.78, 5) is 24.0. The Hall–Kier alpha value is -2.46. The molecule has 0 saturated carbocycles. The van der Waals surface area contributed by atoms with E-state index < -0.39 is 22.0 Å². The van der Waals surface area contributed by atoms with E-state index in [1.165, 1.54) is 12.1 Å². The van der Waals surface area contributed by atoms with E-state index in [2.05, 4.69) is 10.0 Å². The van der Waals surface area contributed by atoms with Crippen molar-refractivity contribution in [3.63, 3.8) is 0 Å². The molecule has 2 aromatic rings. The van der Waals surface area contributed by atoms with Crippen LogP contribution < -0.4 is 21.3 Å². The number of nitrogens with one attached hydrogen (secondary N) is 3. The minimum absolute atomic E-state index is 0.00820. The normalized spacial score (nSPS) is 12.4. The fraction of sp³-hybridized carbons (Fsp3) is 0.300. The number of hydrogen-bond donors (Lipinski definition) is 4. The van der Waals surface area contributed by atoms with Crippen molar-refractivity contribution < 1.29 is 18.0 Å². The topological polar surface area (TPSA) is 130 Å². The number of carbonyl (C=O) groups excluding carboxylic acids is 2. The van der Waals surface area contributed by atoms with Gasteiger partial charge in [0.1, 0.15) is 6.04 Å². The zero-order valence-electron chi connectivity index (χ0n) is 16.7. The van der Waals surface area contributed by atoms with E-state index in [-0.39, 0.29) is 23.3 Å². The monoisotopic (exact) mass is 452 g/mol. The quantitative estimate of drug-likeness (QED) is 0.262. The number of hydrazine groups is 1. The molecule has 1 atom stereocenters. The zero-order valence-corrected chi connectivity index (χ0v) is 18.3. The standard InChI is InChI=1S/C20H25ClN4O4S/c1-13(2)11-18(20(27)24-22)25-30(28,29)17-9-3-14(4-10-17)12-23-19(26)15-5-7-16(21)8-6-15/h3-10,13,18,25H,11-12,22H2,1-2H3,(H,23,26)(H,24,27)/t18-/m0/s1. The lowest BCUT2D eigenvalue weighted by Crippen LogP contribution is -2.49. The van der Waals surface area contributed by atoms with Crippen molar-refractivity contribution in [1.82, 2.24) is 15.5 Å². The van der Waals surface area contributed by atoms with Crippen LogP contribution >= 0.6 is 11.6 Å². The summed E-state index contributed by atoms with van der Waals surface area (Å²) < 4.78 is 27.6. The molecule has 162 valence electrons. The minimum Gasteiger partial charge on any atom is -0.348 e. The lowest BCUT2D eigenvalue weighted by molar-refractivity contribution is -0.123. The molecule has 0 spiro atoms. The summed E-state index contributed by atoms with van der Waals surface area (Å²) in [5, 5.41) is 3.29. The van der Waals surface area contributed by atoms with E-state index in [4.69, 9.17) is 17.4 Å². The van der Waals surface area contributed by atoms with Gasteiger partial charge in [-0.1, -0.05) is 37.6 Å². The molecular weight excluding hydrogens is 428 g/mol. The van der Waals surface area contributed by atoms with E-state index in [0.717, 1.165) is 5.56 Å². The minimum atomic E-state index is -3.92. The molecule has 0 aliphatic carbocycles. The van der Waals surface area contributed by atoms with Gasteiger partial charge in [0.2, 0.25) is 10.0 Å². The summed E-state index contributed by atoms with van der Waals surface area (Å²) in [6.45, 7) is 3.97. The number of halogens is 1.